The number of nitrogens with one attached hydrogen (secondary N) is 1. The fraction of sp³-hybridized carbons (Fsp3) is 0.750. The Morgan fingerprint density at radius 1 is 1.17 bits per heavy atom. The number of nitrogens with zero attached hydrogens (tertiary/aromatic N) is 2. The first-order valence-corrected chi connectivity index (χ1v) is 10.3. The molecule has 0 aromatic carbocycles. The van der Waals surface area contributed by atoms with Gasteiger partial charge in [0, 0.05) is 11.7 Å². The predicted molar refractivity (Wildman–Crippen MR) is 88.3 cm³/mol. The fourth-order valence-electron chi connectivity index (χ4n) is 3.82. The summed E-state index contributed by atoms with van der Waals surface area (Å²) in [6.07, 6.45) is 6.24. The van der Waals surface area contributed by atoms with Gasteiger partial charge in [-0.25, -0.2) is 8.42 Å². The molecule has 1 amide bonds. The van der Waals surface area contributed by atoms with Crippen molar-refractivity contribution in [3.63, 3.8) is 0 Å². The lowest BCUT2D eigenvalue weighted by Gasteiger charge is -2.22. The first-order chi connectivity index (χ1) is 10.9. The van der Waals surface area contributed by atoms with Crippen molar-refractivity contribution < 1.29 is 13.2 Å². The normalized spacial score (nSPS) is 24.7. The molecule has 23 heavy (non-hydrogen) atoms. The average molecular weight is 339 g/mol. The molecule has 1 aromatic heterocycles. The van der Waals surface area contributed by atoms with Crippen LogP contribution in [0.1, 0.15) is 66.3 Å². The second kappa shape index (κ2) is 6.26. The van der Waals surface area contributed by atoms with Crippen molar-refractivity contribution >= 4 is 15.7 Å². The third kappa shape index (κ3) is 3.44. The molecule has 1 aliphatic heterocycles. The Balaban J connectivity index is 1.79. The van der Waals surface area contributed by atoms with Gasteiger partial charge in [-0.3, -0.25) is 9.48 Å². The summed E-state index contributed by atoms with van der Waals surface area (Å²) in [5.74, 6) is 0.261. The summed E-state index contributed by atoms with van der Waals surface area (Å²) in [6, 6.07) is 0.111. The van der Waals surface area contributed by atoms with Gasteiger partial charge in [0.25, 0.3) is 5.91 Å². The molecule has 2 fully saturated rings. The molecule has 0 spiro atoms. The molecule has 6 nitrogen and oxygen atoms in total. The van der Waals surface area contributed by atoms with Gasteiger partial charge in [-0.15, -0.1) is 0 Å². The molecule has 1 aromatic rings. The standard InChI is InChI=1S/C16H25N3O3S/c1-11-15(16(20)17-13-6-4-3-5-7-13)12(2)19(18-11)14-8-9-23(21,22)10-14/h13-14H,3-10H2,1-2H3,(H,17,20)/t14-/m1/s1. The zero-order valence-electron chi connectivity index (χ0n) is 13.8. The Morgan fingerprint density at radius 3 is 2.48 bits per heavy atom. The highest BCUT2D eigenvalue weighted by molar-refractivity contribution is 7.91. The maximum atomic E-state index is 12.6. The Hall–Kier alpha value is -1.37. The summed E-state index contributed by atoms with van der Waals surface area (Å²) in [4.78, 5) is 12.6. The van der Waals surface area contributed by atoms with E-state index in [4.69, 9.17) is 0 Å². The highest BCUT2D eigenvalue weighted by Crippen LogP contribution is 2.27. The second-order valence-corrected chi connectivity index (χ2v) is 9.08. The Morgan fingerprint density at radius 2 is 1.87 bits per heavy atom. The molecule has 1 saturated carbocycles. The van der Waals surface area contributed by atoms with Gasteiger partial charge in [0.05, 0.1) is 28.8 Å². The van der Waals surface area contributed by atoms with Crippen LogP contribution in [0.25, 0.3) is 0 Å². The lowest BCUT2D eigenvalue weighted by atomic mass is 9.95. The maximum absolute atomic E-state index is 12.6. The zero-order chi connectivity index (χ0) is 16.6. The van der Waals surface area contributed by atoms with Gasteiger partial charge < -0.3 is 5.32 Å². The van der Waals surface area contributed by atoms with Crippen LogP contribution in [0.5, 0.6) is 0 Å². The van der Waals surface area contributed by atoms with Crippen molar-refractivity contribution in [2.45, 2.75) is 64.5 Å². The molecule has 1 atom stereocenters. The largest absolute Gasteiger partial charge is 0.349 e. The van der Waals surface area contributed by atoms with E-state index >= 15 is 0 Å². The van der Waals surface area contributed by atoms with Crippen LogP contribution >= 0.6 is 0 Å². The number of hydrogen-bond acceptors (Lipinski definition) is 4. The highest BCUT2D eigenvalue weighted by atomic mass is 32.2. The third-order valence-corrected chi connectivity index (χ3v) is 6.80. The van der Waals surface area contributed by atoms with Crippen LogP contribution in [0.4, 0.5) is 0 Å². The minimum absolute atomic E-state index is 0.0704. The summed E-state index contributed by atoms with van der Waals surface area (Å²) in [6.45, 7) is 3.68. The molecular formula is C16H25N3O3S. The molecule has 1 aliphatic carbocycles. The quantitative estimate of drug-likeness (QED) is 0.912. The van der Waals surface area contributed by atoms with Gasteiger partial charge in [-0.05, 0) is 33.1 Å². The molecule has 0 unspecified atom stereocenters. The lowest BCUT2D eigenvalue weighted by molar-refractivity contribution is 0.0926. The smallest absolute Gasteiger partial charge is 0.255 e. The van der Waals surface area contributed by atoms with Gasteiger partial charge in [0.1, 0.15) is 0 Å². The predicted octanol–water partition coefficient (Wildman–Crippen LogP) is 1.92. The van der Waals surface area contributed by atoms with Gasteiger partial charge in [-0.1, -0.05) is 19.3 Å². The Labute approximate surface area is 137 Å². The topological polar surface area (TPSA) is 81.1 Å². The summed E-state index contributed by atoms with van der Waals surface area (Å²) in [5, 5.41) is 7.59. The number of carbonyl (C=O) groups is 1. The number of aryl methyl sites for hydroxylation is 1. The number of carbonyl (C=O) groups excluding carboxylic acids is 1. The molecule has 2 aliphatic rings. The van der Waals surface area contributed by atoms with Gasteiger partial charge in [0.2, 0.25) is 0 Å². The first kappa shape index (κ1) is 16.5. The molecule has 3 rings (SSSR count). The molecular weight excluding hydrogens is 314 g/mol. The van der Waals surface area contributed by atoms with Crippen molar-refractivity contribution in [2.24, 2.45) is 0 Å². The summed E-state index contributed by atoms with van der Waals surface area (Å²) in [7, 11) is -2.97. The SMILES string of the molecule is Cc1nn([C@@H]2CCS(=O)(=O)C2)c(C)c1C(=O)NC1CCCCC1. The lowest BCUT2D eigenvalue weighted by Crippen LogP contribution is -2.36. The van der Waals surface area contributed by atoms with Crippen LogP contribution in [0, 0.1) is 13.8 Å². The van der Waals surface area contributed by atoms with Crippen LogP contribution in [0.2, 0.25) is 0 Å². The zero-order valence-corrected chi connectivity index (χ0v) is 14.7. The molecule has 7 heteroatoms. The summed E-state index contributed by atoms with van der Waals surface area (Å²) < 4.78 is 25.1. The van der Waals surface area contributed by atoms with Crippen molar-refractivity contribution in [3.8, 4) is 0 Å². The number of rotatable bonds is 3. The summed E-state index contributed by atoms with van der Waals surface area (Å²) >= 11 is 0. The van der Waals surface area contributed by atoms with E-state index in [1.165, 1.54) is 19.3 Å². The summed E-state index contributed by atoms with van der Waals surface area (Å²) in [5.41, 5.74) is 2.07. The number of amides is 1. The van der Waals surface area contributed by atoms with Crippen molar-refractivity contribution in [3.05, 3.63) is 17.0 Å². The molecule has 1 saturated heterocycles. The second-order valence-electron chi connectivity index (χ2n) is 6.86. The van der Waals surface area contributed by atoms with Crippen LogP contribution in [0.15, 0.2) is 0 Å². The van der Waals surface area contributed by atoms with Crippen molar-refractivity contribution in [1.29, 1.82) is 0 Å². The fourth-order valence-corrected chi connectivity index (χ4v) is 5.51. The monoisotopic (exact) mass is 339 g/mol. The van der Waals surface area contributed by atoms with E-state index in [-0.39, 0.29) is 29.5 Å². The van der Waals surface area contributed by atoms with Crippen LogP contribution in [-0.4, -0.2) is 41.7 Å². The molecule has 0 radical (unpaired) electrons. The molecule has 128 valence electrons. The minimum Gasteiger partial charge on any atom is -0.349 e. The first-order valence-electron chi connectivity index (χ1n) is 8.44. The van der Waals surface area contributed by atoms with Crippen molar-refractivity contribution in [1.82, 2.24) is 15.1 Å². The highest BCUT2D eigenvalue weighted by Gasteiger charge is 2.32. The minimum atomic E-state index is -2.97. The van der Waals surface area contributed by atoms with Gasteiger partial charge in [0.15, 0.2) is 9.84 Å². The van der Waals surface area contributed by atoms with E-state index in [2.05, 4.69) is 10.4 Å². The van der Waals surface area contributed by atoms with E-state index < -0.39 is 9.84 Å². The van der Waals surface area contributed by atoms with E-state index in [1.807, 2.05) is 13.8 Å². The number of hydrogen-bond donors (Lipinski definition) is 1. The number of sulfone groups is 1. The van der Waals surface area contributed by atoms with Crippen LogP contribution in [0.3, 0.4) is 0 Å². The van der Waals surface area contributed by atoms with Gasteiger partial charge >= 0.3 is 0 Å². The average Bonchev–Trinajstić information content (AvgIpc) is 2.99. The van der Waals surface area contributed by atoms with Crippen LogP contribution in [-0.2, 0) is 9.84 Å². The Kier molecular flexibility index (Phi) is 4.49. The van der Waals surface area contributed by atoms with Gasteiger partial charge in [-0.2, -0.15) is 5.10 Å². The third-order valence-electron chi connectivity index (χ3n) is 5.05. The van der Waals surface area contributed by atoms with E-state index in [1.54, 1.807) is 4.68 Å². The van der Waals surface area contributed by atoms with E-state index in [0.717, 1.165) is 18.5 Å². The van der Waals surface area contributed by atoms with Crippen LogP contribution < -0.4 is 5.32 Å². The number of aromatic nitrogens is 2. The Bertz CT molecular complexity index is 702. The molecule has 2 heterocycles. The molecule has 1 N–H and O–H groups in total. The molecule has 0 bridgehead atoms. The maximum Gasteiger partial charge on any atom is 0.255 e. The van der Waals surface area contributed by atoms with Crippen molar-refractivity contribution in [2.75, 3.05) is 11.5 Å². The van der Waals surface area contributed by atoms with E-state index in [9.17, 15) is 13.2 Å². The van der Waals surface area contributed by atoms with E-state index in [0.29, 0.717) is 17.7 Å².